The SMILES string of the molecule is CN=NCCOC(C)(C)CCOCC(C)CCC(=O)ON1C(=O)CCC1=O. The number of imide groups is 1. The molecule has 1 heterocycles. The van der Waals surface area contributed by atoms with Crippen molar-refractivity contribution in [1.82, 2.24) is 5.06 Å². The van der Waals surface area contributed by atoms with Crippen molar-refractivity contribution in [2.75, 3.05) is 33.4 Å². The molecule has 1 aliphatic rings. The number of carbonyl (C=O) groups excluding carboxylic acids is 3. The molecule has 1 fully saturated rings. The molecule has 1 rings (SSSR count). The molecule has 1 saturated heterocycles. The highest BCUT2D eigenvalue weighted by Crippen LogP contribution is 2.16. The smallest absolute Gasteiger partial charge is 0.333 e. The van der Waals surface area contributed by atoms with Gasteiger partial charge in [0.2, 0.25) is 0 Å². The molecule has 0 aromatic rings. The zero-order chi connectivity index (χ0) is 20.3. The van der Waals surface area contributed by atoms with Crippen LogP contribution in [0.4, 0.5) is 0 Å². The summed E-state index contributed by atoms with van der Waals surface area (Å²) in [6.45, 7) is 8.09. The fraction of sp³-hybridized carbons (Fsp3) is 0.833. The lowest BCUT2D eigenvalue weighted by Gasteiger charge is -2.25. The first-order valence-corrected chi connectivity index (χ1v) is 9.29. The molecule has 154 valence electrons. The van der Waals surface area contributed by atoms with Crippen molar-refractivity contribution in [3.05, 3.63) is 0 Å². The summed E-state index contributed by atoms with van der Waals surface area (Å²) in [4.78, 5) is 39.4. The van der Waals surface area contributed by atoms with Gasteiger partial charge in [-0.2, -0.15) is 10.2 Å². The molecule has 9 heteroatoms. The fourth-order valence-electron chi connectivity index (χ4n) is 2.39. The van der Waals surface area contributed by atoms with Crippen molar-refractivity contribution in [1.29, 1.82) is 0 Å². The molecule has 0 aromatic heterocycles. The van der Waals surface area contributed by atoms with E-state index in [9.17, 15) is 14.4 Å². The summed E-state index contributed by atoms with van der Waals surface area (Å²) in [6, 6.07) is 0. The highest BCUT2D eigenvalue weighted by atomic mass is 16.7. The van der Waals surface area contributed by atoms with E-state index in [4.69, 9.17) is 14.3 Å². The van der Waals surface area contributed by atoms with Crippen molar-refractivity contribution in [2.45, 2.75) is 58.5 Å². The standard InChI is InChI=1S/C18H31N3O6/c1-14(5-8-17(24)27-21-15(22)6-7-16(21)23)13-25-11-9-18(2,3)26-12-10-20-19-4/h14H,5-13H2,1-4H3. The Balaban J connectivity index is 2.12. The predicted molar refractivity (Wildman–Crippen MR) is 96.7 cm³/mol. The maximum Gasteiger partial charge on any atom is 0.333 e. The van der Waals surface area contributed by atoms with Gasteiger partial charge in [-0.1, -0.05) is 6.92 Å². The summed E-state index contributed by atoms with van der Waals surface area (Å²) in [7, 11) is 1.63. The van der Waals surface area contributed by atoms with Gasteiger partial charge < -0.3 is 14.3 Å². The Morgan fingerprint density at radius 1 is 1.22 bits per heavy atom. The number of hydroxylamine groups is 2. The van der Waals surface area contributed by atoms with Gasteiger partial charge in [-0.25, -0.2) is 4.79 Å². The first kappa shape index (κ1) is 23.2. The molecule has 0 N–H and O–H groups in total. The number of hydrogen-bond acceptors (Lipinski definition) is 8. The number of azo groups is 1. The Hall–Kier alpha value is -1.87. The van der Waals surface area contributed by atoms with E-state index in [1.807, 2.05) is 20.8 Å². The van der Waals surface area contributed by atoms with Gasteiger partial charge in [-0.3, -0.25) is 9.59 Å². The third-order valence-electron chi connectivity index (χ3n) is 4.12. The molecule has 0 aromatic carbocycles. The molecule has 1 unspecified atom stereocenters. The van der Waals surface area contributed by atoms with E-state index in [0.29, 0.717) is 37.8 Å². The van der Waals surface area contributed by atoms with Crippen molar-refractivity contribution in [2.24, 2.45) is 16.1 Å². The molecule has 0 bridgehead atoms. The molecular formula is C18H31N3O6. The largest absolute Gasteiger partial charge is 0.381 e. The second kappa shape index (κ2) is 11.8. The number of nitrogens with zero attached hydrogens (tertiary/aromatic N) is 3. The first-order chi connectivity index (χ1) is 12.7. The van der Waals surface area contributed by atoms with Gasteiger partial charge in [0.25, 0.3) is 11.8 Å². The van der Waals surface area contributed by atoms with Gasteiger partial charge in [0.1, 0.15) is 0 Å². The van der Waals surface area contributed by atoms with E-state index < -0.39 is 17.8 Å². The van der Waals surface area contributed by atoms with E-state index in [2.05, 4.69) is 10.2 Å². The third-order valence-corrected chi connectivity index (χ3v) is 4.12. The summed E-state index contributed by atoms with van der Waals surface area (Å²) in [5.41, 5.74) is -0.300. The van der Waals surface area contributed by atoms with E-state index in [-0.39, 0.29) is 30.8 Å². The van der Waals surface area contributed by atoms with Gasteiger partial charge in [0.05, 0.1) is 18.8 Å². The Morgan fingerprint density at radius 2 is 1.89 bits per heavy atom. The van der Waals surface area contributed by atoms with Crippen molar-refractivity contribution < 1.29 is 28.7 Å². The maximum atomic E-state index is 11.8. The topological polar surface area (TPSA) is 107 Å². The van der Waals surface area contributed by atoms with Crippen LogP contribution in [0.25, 0.3) is 0 Å². The number of hydrogen-bond donors (Lipinski definition) is 0. The van der Waals surface area contributed by atoms with Gasteiger partial charge in [0.15, 0.2) is 0 Å². The Morgan fingerprint density at radius 3 is 2.52 bits per heavy atom. The highest BCUT2D eigenvalue weighted by molar-refractivity contribution is 6.01. The van der Waals surface area contributed by atoms with Crippen molar-refractivity contribution in [3.63, 3.8) is 0 Å². The molecule has 0 radical (unpaired) electrons. The minimum Gasteiger partial charge on any atom is -0.381 e. The third kappa shape index (κ3) is 9.58. The van der Waals surface area contributed by atoms with Crippen LogP contribution in [0, 0.1) is 5.92 Å². The fourth-order valence-corrected chi connectivity index (χ4v) is 2.39. The van der Waals surface area contributed by atoms with Crippen LogP contribution in [0.2, 0.25) is 0 Å². The average Bonchev–Trinajstić information content (AvgIpc) is 2.92. The van der Waals surface area contributed by atoms with Crippen LogP contribution in [-0.4, -0.2) is 61.9 Å². The summed E-state index contributed by atoms with van der Waals surface area (Å²) >= 11 is 0. The summed E-state index contributed by atoms with van der Waals surface area (Å²) in [5, 5.41) is 8.10. The number of rotatable bonds is 13. The van der Waals surface area contributed by atoms with Crippen LogP contribution in [0.1, 0.15) is 52.9 Å². The Kier molecular flexibility index (Phi) is 10.1. The molecule has 2 amide bonds. The lowest BCUT2D eigenvalue weighted by Crippen LogP contribution is -2.32. The minimum absolute atomic E-state index is 0.0964. The molecule has 0 aliphatic carbocycles. The maximum absolute atomic E-state index is 11.8. The second-order valence-corrected chi connectivity index (χ2v) is 7.19. The normalized spacial score (nSPS) is 16.4. The molecule has 27 heavy (non-hydrogen) atoms. The van der Waals surface area contributed by atoms with Crippen LogP contribution in [0.3, 0.4) is 0 Å². The zero-order valence-corrected chi connectivity index (χ0v) is 16.7. The predicted octanol–water partition coefficient (Wildman–Crippen LogP) is 2.29. The summed E-state index contributed by atoms with van der Waals surface area (Å²) in [5.74, 6) is -1.36. The van der Waals surface area contributed by atoms with Crippen molar-refractivity contribution >= 4 is 17.8 Å². The molecule has 1 atom stereocenters. The first-order valence-electron chi connectivity index (χ1n) is 9.29. The molecule has 0 saturated carbocycles. The van der Waals surface area contributed by atoms with E-state index in [0.717, 1.165) is 6.42 Å². The number of ether oxygens (including phenoxy) is 2. The number of amides is 2. The van der Waals surface area contributed by atoms with E-state index in [1.165, 1.54) is 0 Å². The zero-order valence-electron chi connectivity index (χ0n) is 16.7. The summed E-state index contributed by atoms with van der Waals surface area (Å²) in [6.07, 6.45) is 1.61. The molecule has 1 aliphatic heterocycles. The quantitative estimate of drug-likeness (QED) is 0.273. The van der Waals surface area contributed by atoms with Crippen LogP contribution in [0.5, 0.6) is 0 Å². The average molecular weight is 385 g/mol. The van der Waals surface area contributed by atoms with Crippen LogP contribution in [-0.2, 0) is 28.7 Å². The highest BCUT2D eigenvalue weighted by Gasteiger charge is 2.32. The molecular weight excluding hydrogens is 354 g/mol. The van der Waals surface area contributed by atoms with E-state index in [1.54, 1.807) is 7.05 Å². The van der Waals surface area contributed by atoms with Gasteiger partial charge in [0, 0.05) is 39.5 Å². The van der Waals surface area contributed by atoms with Gasteiger partial charge in [-0.05, 0) is 32.6 Å². The van der Waals surface area contributed by atoms with Gasteiger partial charge in [-0.15, -0.1) is 5.06 Å². The molecule has 0 spiro atoms. The van der Waals surface area contributed by atoms with Crippen molar-refractivity contribution in [3.8, 4) is 0 Å². The lowest BCUT2D eigenvalue weighted by molar-refractivity contribution is -0.197. The van der Waals surface area contributed by atoms with Crippen LogP contribution in [0.15, 0.2) is 10.2 Å². The lowest BCUT2D eigenvalue weighted by atomic mass is 10.1. The van der Waals surface area contributed by atoms with E-state index >= 15 is 0 Å². The molecule has 9 nitrogen and oxygen atoms in total. The van der Waals surface area contributed by atoms with Gasteiger partial charge >= 0.3 is 5.97 Å². The van der Waals surface area contributed by atoms with Crippen LogP contribution >= 0.6 is 0 Å². The monoisotopic (exact) mass is 385 g/mol. The second-order valence-electron chi connectivity index (χ2n) is 7.19. The Bertz CT molecular complexity index is 519. The minimum atomic E-state index is -0.579. The number of carbonyl (C=O) groups is 3. The van der Waals surface area contributed by atoms with Crippen LogP contribution < -0.4 is 0 Å². The summed E-state index contributed by atoms with van der Waals surface area (Å²) < 4.78 is 11.4. The Labute approximate surface area is 160 Å².